The van der Waals surface area contributed by atoms with Crippen LogP contribution in [0.1, 0.15) is 42.2 Å². The Morgan fingerprint density at radius 2 is 1.69 bits per heavy atom. The van der Waals surface area contributed by atoms with Crippen molar-refractivity contribution >= 4 is 11.8 Å². The van der Waals surface area contributed by atoms with E-state index in [-0.39, 0.29) is 24.3 Å². The summed E-state index contributed by atoms with van der Waals surface area (Å²) in [6.45, 7) is 4.11. The first-order valence-electron chi connectivity index (χ1n) is 11.3. The van der Waals surface area contributed by atoms with E-state index < -0.39 is 0 Å². The van der Waals surface area contributed by atoms with Crippen molar-refractivity contribution in [1.29, 1.82) is 0 Å². The number of hydrogen-bond donors (Lipinski definition) is 0. The average molecular weight is 432 g/mol. The van der Waals surface area contributed by atoms with Gasteiger partial charge in [-0.05, 0) is 43.5 Å². The van der Waals surface area contributed by atoms with Gasteiger partial charge in [-0.2, -0.15) is 0 Å². The van der Waals surface area contributed by atoms with E-state index in [2.05, 4.69) is 11.9 Å². The highest BCUT2D eigenvalue weighted by atomic mass is 16.3. The Morgan fingerprint density at radius 3 is 2.34 bits per heavy atom. The molecule has 1 fully saturated rings. The summed E-state index contributed by atoms with van der Waals surface area (Å²) in [5, 5.41) is 0. The van der Waals surface area contributed by atoms with Gasteiger partial charge in [-0.15, -0.1) is 0 Å². The van der Waals surface area contributed by atoms with Crippen LogP contribution in [0.2, 0.25) is 0 Å². The normalized spacial score (nSPS) is 14.3. The molecule has 166 valence electrons. The van der Waals surface area contributed by atoms with Crippen molar-refractivity contribution in [2.24, 2.45) is 0 Å². The number of likely N-dealkylation sites (tertiary alicyclic amines) is 1. The molecule has 3 aromatic rings. The molecule has 4 rings (SSSR count). The molecule has 0 N–H and O–H groups in total. The first kappa shape index (κ1) is 21.8. The van der Waals surface area contributed by atoms with Crippen LogP contribution in [-0.2, 0) is 11.2 Å². The number of rotatable bonds is 7. The quantitative estimate of drug-likeness (QED) is 0.555. The molecule has 0 spiro atoms. The first-order chi connectivity index (χ1) is 15.7. The summed E-state index contributed by atoms with van der Waals surface area (Å²) in [7, 11) is 0. The summed E-state index contributed by atoms with van der Waals surface area (Å²) in [5.41, 5.74) is 2.26. The highest BCUT2D eigenvalue weighted by Gasteiger charge is 2.30. The fourth-order valence-electron chi connectivity index (χ4n) is 4.25. The van der Waals surface area contributed by atoms with Crippen molar-refractivity contribution < 1.29 is 14.0 Å². The monoisotopic (exact) mass is 431 g/mol. The minimum atomic E-state index is 0.0626. The van der Waals surface area contributed by atoms with E-state index in [9.17, 15) is 9.59 Å². The van der Waals surface area contributed by atoms with Gasteiger partial charge in [0.25, 0.3) is 5.91 Å². The lowest BCUT2D eigenvalue weighted by Crippen LogP contribution is -2.49. The largest absolute Gasteiger partial charge is 0.444 e. The van der Waals surface area contributed by atoms with Gasteiger partial charge in [0.1, 0.15) is 6.26 Å². The number of oxazole rings is 1. The van der Waals surface area contributed by atoms with E-state index in [1.807, 2.05) is 70.5 Å². The predicted molar refractivity (Wildman–Crippen MR) is 123 cm³/mol. The molecule has 2 heterocycles. The number of carbonyl (C=O) groups is 2. The van der Waals surface area contributed by atoms with Crippen molar-refractivity contribution in [2.75, 3.05) is 19.6 Å². The molecule has 1 aromatic heterocycles. The number of hydrogen-bond acceptors (Lipinski definition) is 4. The van der Waals surface area contributed by atoms with Gasteiger partial charge in [0.15, 0.2) is 0 Å². The minimum Gasteiger partial charge on any atom is -0.444 e. The summed E-state index contributed by atoms with van der Waals surface area (Å²) in [5.74, 6) is 0.657. The third-order valence-electron chi connectivity index (χ3n) is 5.90. The number of piperidine rings is 1. The molecule has 2 aromatic carbocycles. The van der Waals surface area contributed by atoms with Gasteiger partial charge >= 0.3 is 0 Å². The summed E-state index contributed by atoms with van der Waals surface area (Å²) in [4.78, 5) is 34.2. The first-order valence-corrected chi connectivity index (χ1v) is 11.3. The summed E-state index contributed by atoms with van der Waals surface area (Å²) in [6, 6.07) is 19.2. The maximum Gasteiger partial charge on any atom is 0.253 e. The third kappa shape index (κ3) is 5.07. The van der Waals surface area contributed by atoms with Crippen molar-refractivity contribution in [3.63, 3.8) is 0 Å². The number of benzene rings is 2. The van der Waals surface area contributed by atoms with Crippen molar-refractivity contribution in [3.8, 4) is 11.5 Å². The van der Waals surface area contributed by atoms with Crippen molar-refractivity contribution in [2.45, 2.75) is 38.6 Å². The second-order valence-electron chi connectivity index (χ2n) is 8.16. The van der Waals surface area contributed by atoms with Gasteiger partial charge in [0.05, 0.1) is 12.1 Å². The molecule has 0 saturated carbocycles. The topological polar surface area (TPSA) is 66.7 Å². The van der Waals surface area contributed by atoms with Crippen LogP contribution < -0.4 is 0 Å². The van der Waals surface area contributed by atoms with E-state index >= 15 is 0 Å². The van der Waals surface area contributed by atoms with Crippen LogP contribution in [0.15, 0.2) is 71.3 Å². The van der Waals surface area contributed by atoms with Gasteiger partial charge in [-0.3, -0.25) is 9.59 Å². The SMILES string of the molecule is CCCN(C(=O)Cc1coc(-c2ccccc2)n1)C1CCN(C(=O)c2ccccc2)CC1. The smallest absolute Gasteiger partial charge is 0.253 e. The van der Waals surface area contributed by atoms with E-state index in [0.717, 1.165) is 24.8 Å². The Kier molecular flexibility index (Phi) is 7.00. The van der Waals surface area contributed by atoms with E-state index in [1.54, 1.807) is 6.26 Å². The minimum absolute atomic E-state index is 0.0626. The number of amides is 2. The molecule has 6 nitrogen and oxygen atoms in total. The number of carbonyl (C=O) groups excluding carboxylic acids is 2. The summed E-state index contributed by atoms with van der Waals surface area (Å²) >= 11 is 0. The van der Waals surface area contributed by atoms with Gasteiger partial charge in [0.2, 0.25) is 11.8 Å². The molecule has 1 aliphatic rings. The van der Waals surface area contributed by atoms with Crippen LogP contribution in [0.25, 0.3) is 11.5 Å². The van der Waals surface area contributed by atoms with Crippen LogP contribution in [0.4, 0.5) is 0 Å². The van der Waals surface area contributed by atoms with E-state index in [1.165, 1.54) is 0 Å². The molecular weight excluding hydrogens is 402 g/mol. The van der Waals surface area contributed by atoms with Gasteiger partial charge in [-0.25, -0.2) is 4.98 Å². The van der Waals surface area contributed by atoms with E-state index in [0.29, 0.717) is 36.8 Å². The lowest BCUT2D eigenvalue weighted by molar-refractivity contribution is -0.133. The number of aromatic nitrogens is 1. The number of nitrogens with zero attached hydrogens (tertiary/aromatic N) is 3. The van der Waals surface area contributed by atoms with Gasteiger partial charge in [0, 0.05) is 36.8 Å². The van der Waals surface area contributed by atoms with Crippen LogP contribution in [0, 0.1) is 0 Å². The average Bonchev–Trinajstić information content (AvgIpc) is 3.32. The predicted octanol–water partition coefficient (Wildman–Crippen LogP) is 4.43. The molecular formula is C26H29N3O3. The Labute approximate surface area is 188 Å². The zero-order chi connectivity index (χ0) is 22.3. The summed E-state index contributed by atoms with van der Waals surface area (Å²) in [6.07, 6.45) is 4.27. The molecule has 0 unspecified atom stereocenters. The Hall–Kier alpha value is -3.41. The molecule has 0 radical (unpaired) electrons. The molecule has 0 bridgehead atoms. The standard InChI is InChI=1S/C26H29N3O3/c1-2-15-29(23-13-16-28(17-14-23)26(31)21-11-7-4-8-12-21)24(30)18-22-19-32-25(27-22)20-9-5-3-6-10-20/h3-12,19,23H,2,13-18H2,1H3. The van der Waals surface area contributed by atoms with Gasteiger partial charge < -0.3 is 14.2 Å². The lowest BCUT2D eigenvalue weighted by Gasteiger charge is -2.38. The lowest BCUT2D eigenvalue weighted by atomic mass is 10.0. The zero-order valence-electron chi connectivity index (χ0n) is 18.4. The molecule has 1 aliphatic heterocycles. The second kappa shape index (κ2) is 10.3. The van der Waals surface area contributed by atoms with Crippen LogP contribution in [-0.4, -0.2) is 52.3 Å². The fraction of sp³-hybridized carbons (Fsp3) is 0.346. The maximum atomic E-state index is 13.1. The molecule has 1 saturated heterocycles. The molecule has 2 amide bonds. The van der Waals surface area contributed by atoms with Crippen LogP contribution >= 0.6 is 0 Å². The van der Waals surface area contributed by atoms with Crippen molar-refractivity contribution in [1.82, 2.24) is 14.8 Å². The highest BCUT2D eigenvalue weighted by molar-refractivity contribution is 5.94. The Balaban J connectivity index is 1.37. The molecule has 0 aliphatic carbocycles. The summed E-state index contributed by atoms with van der Waals surface area (Å²) < 4.78 is 5.59. The second-order valence-corrected chi connectivity index (χ2v) is 8.16. The van der Waals surface area contributed by atoms with Crippen LogP contribution in [0.3, 0.4) is 0 Å². The van der Waals surface area contributed by atoms with Crippen LogP contribution in [0.5, 0.6) is 0 Å². The van der Waals surface area contributed by atoms with Crippen molar-refractivity contribution in [3.05, 3.63) is 78.2 Å². The third-order valence-corrected chi connectivity index (χ3v) is 5.90. The zero-order valence-corrected chi connectivity index (χ0v) is 18.4. The molecule has 32 heavy (non-hydrogen) atoms. The van der Waals surface area contributed by atoms with E-state index in [4.69, 9.17) is 4.42 Å². The highest BCUT2D eigenvalue weighted by Crippen LogP contribution is 2.22. The fourth-order valence-corrected chi connectivity index (χ4v) is 4.25. The molecule has 0 atom stereocenters. The molecule has 6 heteroatoms. The Morgan fingerprint density at radius 1 is 1.03 bits per heavy atom. The van der Waals surface area contributed by atoms with Gasteiger partial charge in [-0.1, -0.05) is 43.3 Å². The Bertz CT molecular complexity index is 1020. The maximum absolute atomic E-state index is 13.1.